The molecule has 1 aliphatic carbocycles. The number of anilines is 1. The van der Waals surface area contributed by atoms with E-state index in [0.717, 1.165) is 24.8 Å². The molecule has 1 aliphatic rings. The molecule has 3 N–H and O–H groups in total. The zero-order valence-electron chi connectivity index (χ0n) is 11.8. The normalized spacial score (nSPS) is 18.7. The van der Waals surface area contributed by atoms with Crippen LogP contribution in [0.4, 0.5) is 5.82 Å². The van der Waals surface area contributed by atoms with Crippen molar-refractivity contribution in [3.8, 4) is 0 Å². The van der Waals surface area contributed by atoms with Crippen LogP contribution >= 0.6 is 0 Å². The highest BCUT2D eigenvalue weighted by atomic mass is 32.2. The number of benzene rings is 1. The molecule has 21 heavy (non-hydrogen) atoms. The molecule has 2 aromatic rings. The van der Waals surface area contributed by atoms with Crippen LogP contribution in [0.25, 0.3) is 0 Å². The van der Waals surface area contributed by atoms with Crippen LogP contribution in [-0.2, 0) is 16.4 Å². The Kier molecular flexibility index (Phi) is 3.46. The van der Waals surface area contributed by atoms with Gasteiger partial charge in [-0.05, 0) is 30.4 Å². The first kappa shape index (κ1) is 14.1. The Bertz CT molecular complexity index is 754. The molecular weight excluding hydrogens is 288 g/mol. The van der Waals surface area contributed by atoms with Gasteiger partial charge in [-0.1, -0.05) is 24.3 Å². The van der Waals surface area contributed by atoms with Gasteiger partial charge in [-0.3, -0.25) is 5.10 Å². The number of nitrogens with zero attached hydrogens (tertiary/aromatic N) is 2. The second kappa shape index (κ2) is 5.16. The Morgan fingerprint density at radius 3 is 2.86 bits per heavy atom. The van der Waals surface area contributed by atoms with Gasteiger partial charge in [0.25, 0.3) is 0 Å². The molecular formula is C14H18N4O2S. The lowest BCUT2D eigenvalue weighted by Crippen LogP contribution is -2.33. The summed E-state index contributed by atoms with van der Waals surface area (Å²) in [7, 11) is -2.05. The van der Waals surface area contributed by atoms with Gasteiger partial charge in [0, 0.05) is 7.05 Å². The van der Waals surface area contributed by atoms with Gasteiger partial charge in [-0.15, -0.1) is 0 Å². The predicted octanol–water partition coefficient (Wildman–Crippen LogP) is 1.69. The van der Waals surface area contributed by atoms with E-state index in [-0.39, 0.29) is 16.8 Å². The number of fused-ring (bicyclic) bond motifs is 1. The third kappa shape index (κ3) is 2.32. The Labute approximate surface area is 124 Å². The van der Waals surface area contributed by atoms with Crippen molar-refractivity contribution in [2.24, 2.45) is 0 Å². The molecule has 0 fully saturated rings. The molecule has 1 atom stereocenters. The first-order valence-electron chi connectivity index (χ1n) is 6.86. The molecule has 0 amide bonds. The third-order valence-electron chi connectivity index (χ3n) is 4.07. The van der Waals surface area contributed by atoms with Gasteiger partial charge in [-0.2, -0.15) is 9.40 Å². The topological polar surface area (TPSA) is 92.1 Å². The number of aromatic nitrogens is 2. The summed E-state index contributed by atoms with van der Waals surface area (Å²) in [5.41, 5.74) is 7.96. The van der Waals surface area contributed by atoms with Crippen molar-refractivity contribution in [2.45, 2.75) is 30.2 Å². The third-order valence-corrected chi connectivity index (χ3v) is 5.96. The second-order valence-corrected chi connectivity index (χ2v) is 7.24. The second-order valence-electron chi connectivity index (χ2n) is 5.28. The summed E-state index contributed by atoms with van der Waals surface area (Å²) in [5, 5.41) is 6.18. The van der Waals surface area contributed by atoms with Crippen LogP contribution in [0.5, 0.6) is 0 Å². The summed E-state index contributed by atoms with van der Waals surface area (Å²) >= 11 is 0. The van der Waals surface area contributed by atoms with Crippen molar-refractivity contribution in [3.05, 3.63) is 41.6 Å². The van der Waals surface area contributed by atoms with Gasteiger partial charge < -0.3 is 5.73 Å². The number of aromatic amines is 1. The molecule has 112 valence electrons. The van der Waals surface area contributed by atoms with Crippen molar-refractivity contribution in [3.63, 3.8) is 0 Å². The van der Waals surface area contributed by atoms with E-state index in [2.05, 4.69) is 16.3 Å². The zero-order chi connectivity index (χ0) is 15.0. The van der Waals surface area contributed by atoms with Crippen molar-refractivity contribution in [1.82, 2.24) is 14.5 Å². The molecule has 3 rings (SSSR count). The van der Waals surface area contributed by atoms with E-state index in [1.165, 1.54) is 16.1 Å². The largest absolute Gasteiger partial charge is 0.383 e. The van der Waals surface area contributed by atoms with Crippen LogP contribution in [-0.4, -0.2) is 30.0 Å². The maximum absolute atomic E-state index is 12.7. The number of rotatable bonds is 3. The van der Waals surface area contributed by atoms with Crippen LogP contribution in [0.15, 0.2) is 35.4 Å². The van der Waals surface area contributed by atoms with E-state index < -0.39 is 10.0 Å². The van der Waals surface area contributed by atoms with Gasteiger partial charge >= 0.3 is 0 Å². The quantitative estimate of drug-likeness (QED) is 0.902. The number of nitrogens with two attached hydrogens (primary N) is 1. The molecule has 1 aromatic heterocycles. The van der Waals surface area contributed by atoms with Crippen LogP contribution in [0, 0.1) is 0 Å². The number of H-pyrrole nitrogens is 1. The van der Waals surface area contributed by atoms with Crippen molar-refractivity contribution >= 4 is 15.8 Å². The predicted molar refractivity (Wildman–Crippen MR) is 80.1 cm³/mol. The summed E-state index contributed by atoms with van der Waals surface area (Å²) in [6.07, 6.45) is 4.04. The minimum absolute atomic E-state index is 0.0352. The molecule has 0 saturated heterocycles. The summed E-state index contributed by atoms with van der Waals surface area (Å²) in [6, 6.07) is 7.85. The Morgan fingerprint density at radius 1 is 1.38 bits per heavy atom. The first-order valence-corrected chi connectivity index (χ1v) is 8.30. The van der Waals surface area contributed by atoms with Gasteiger partial charge in [0.05, 0.1) is 12.2 Å². The maximum atomic E-state index is 12.7. The van der Waals surface area contributed by atoms with Crippen LogP contribution in [0.1, 0.15) is 30.0 Å². The lowest BCUT2D eigenvalue weighted by Gasteiger charge is -2.32. The number of hydrogen-bond acceptors (Lipinski definition) is 4. The fourth-order valence-corrected chi connectivity index (χ4v) is 4.29. The smallest absolute Gasteiger partial charge is 0.248 e. The van der Waals surface area contributed by atoms with Gasteiger partial charge in [0.1, 0.15) is 10.7 Å². The average Bonchev–Trinajstić information content (AvgIpc) is 2.93. The maximum Gasteiger partial charge on any atom is 0.248 e. The highest BCUT2D eigenvalue weighted by Gasteiger charge is 2.33. The molecule has 0 aliphatic heterocycles. The van der Waals surface area contributed by atoms with Gasteiger partial charge in [0.15, 0.2) is 0 Å². The molecule has 0 saturated carbocycles. The summed E-state index contributed by atoms with van der Waals surface area (Å²) in [5.74, 6) is 0.0749. The highest BCUT2D eigenvalue weighted by molar-refractivity contribution is 7.89. The van der Waals surface area contributed by atoms with E-state index in [4.69, 9.17) is 5.73 Å². The molecule has 0 radical (unpaired) electrons. The average molecular weight is 306 g/mol. The number of nitrogens with one attached hydrogen (secondary N) is 1. The van der Waals surface area contributed by atoms with Crippen molar-refractivity contribution < 1.29 is 8.42 Å². The lowest BCUT2D eigenvalue weighted by atomic mass is 9.88. The SMILES string of the molecule is CN(C1CCCc2ccccc21)S(=O)(=O)c1cn[nH]c1N. The van der Waals surface area contributed by atoms with E-state index in [9.17, 15) is 8.42 Å². The van der Waals surface area contributed by atoms with Crippen molar-refractivity contribution in [1.29, 1.82) is 0 Å². The molecule has 0 bridgehead atoms. The number of aryl methyl sites for hydroxylation is 1. The fraction of sp³-hybridized carbons (Fsp3) is 0.357. The van der Waals surface area contributed by atoms with Crippen LogP contribution < -0.4 is 5.73 Å². The molecule has 1 heterocycles. The van der Waals surface area contributed by atoms with Crippen LogP contribution in [0.2, 0.25) is 0 Å². The van der Waals surface area contributed by atoms with E-state index >= 15 is 0 Å². The molecule has 1 unspecified atom stereocenters. The first-order chi connectivity index (χ1) is 10.0. The van der Waals surface area contributed by atoms with E-state index in [1.54, 1.807) is 7.05 Å². The minimum atomic E-state index is -3.65. The summed E-state index contributed by atoms with van der Waals surface area (Å²) in [6.45, 7) is 0. The van der Waals surface area contributed by atoms with E-state index in [0.29, 0.717) is 0 Å². The zero-order valence-corrected chi connectivity index (χ0v) is 12.6. The van der Waals surface area contributed by atoms with Gasteiger partial charge in [-0.25, -0.2) is 8.42 Å². The van der Waals surface area contributed by atoms with Gasteiger partial charge in [0.2, 0.25) is 10.0 Å². The Hall–Kier alpha value is -1.86. The standard InChI is InChI=1S/C14H18N4O2S/c1-18(21(19,20)13-9-16-17-14(13)15)12-8-4-6-10-5-2-3-7-11(10)12/h2-3,5,7,9,12H,4,6,8H2,1H3,(H3,15,16,17). The monoisotopic (exact) mass is 306 g/mol. The minimum Gasteiger partial charge on any atom is -0.383 e. The number of sulfonamides is 1. The van der Waals surface area contributed by atoms with Crippen LogP contribution in [0.3, 0.4) is 0 Å². The number of hydrogen-bond donors (Lipinski definition) is 2. The lowest BCUT2D eigenvalue weighted by molar-refractivity contribution is 0.337. The summed E-state index contributed by atoms with van der Waals surface area (Å²) in [4.78, 5) is 0.0352. The van der Waals surface area contributed by atoms with E-state index in [1.807, 2.05) is 18.2 Å². The summed E-state index contributed by atoms with van der Waals surface area (Å²) < 4.78 is 26.8. The molecule has 0 spiro atoms. The fourth-order valence-electron chi connectivity index (χ4n) is 2.92. The molecule has 7 heteroatoms. The Balaban J connectivity index is 2.00. The highest BCUT2D eigenvalue weighted by Crippen LogP contribution is 2.36. The number of nitrogen functional groups attached to an aromatic ring is 1. The Morgan fingerprint density at radius 2 is 2.14 bits per heavy atom. The molecule has 6 nitrogen and oxygen atoms in total. The van der Waals surface area contributed by atoms with Crippen molar-refractivity contribution in [2.75, 3.05) is 12.8 Å². The molecule has 1 aromatic carbocycles.